The molecule has 30 heavy (non-hydrogen) atoms. The molecular weight excluding hydrogens is 387 g/mol. The van der Waals surface area contributed by atoms with Gasteiger partial charge in [-0.3, -0.25) is 9.98 Å². The van der Waals surface area contributed by atoms with Crippen molar-refractivity contribution in [1.82, 2.24) is 30.7 Å². The maximum atomic E-state index is 14.0. The van der Waals surface area contributed by atoms with Gasteiger partial charge < -0.3 is 20.1 Å². The van der Waals surface area contributed by atoms with Crippen molar-refractivity contribution in [3.05, 3.63) is 54.4 Å². The Bertz CT molecular complexity index is 993. The summed E-state index contributed by atoms with van der Waals surface area (Å²) in [5.41, 5.74) is 0.650. The average molecular weight is 410 g/mol. The Balaban J connectivity index is 1.25. The van der Waals surface area contributed by atoms with E-state index in [2.05, 4.69) is 35.7 Å². The molecule has 156 valence electrons. The average Bonchev–Trinajstić information content (AvgIpc) is 3.44. The van der Waals surface area contributed by atoms with Crippen LogP contribution in [0.3, 0.4) is 0 Å². The summed E-state index contributed by atoms with van der Waals surface area (Å²) in [5, 5.41) is 10.6. The molecule has 4 rings (SSSR count). The van der Waals surface area contributed by atoms with E-state index in [1.165, 1.54) is 6.07 Å². The molecule has 9 nitrogen and oxygen atoms in total. The molecule has 1 unspecified atom stereocenters. The van der Waals surface area contributed by atoms with Crippen molar-refractivity contribution >= 4 is 11.8 Å². The Morgan fingerprint density at radius 3 is 2.97 bits per heavy atom. The van der Waals surface area contributed by atoms with Gasteiger partial charge in [0.25, 0.3) is 5.89 Å². The fourth-order valence-electron chi connectivity index (χ4n) is 3.31. The van der Waals surface area contributed by atoms with E-state index in [0.717, 1.165) is 13.0 Å². The van der Waals surface area contributed by atoms with E-state index in [9.17, 15) is 4.39 Å². The third-order valence-corrected chi connectivity index (χ3v) is 4.78. The first kappa shape index (κ1) is 19.7. The van der Waals surface area contributed by atoms with Gasteiger partial charge in [-0.2, -0.15) is 4.98 Å². The van der Waals surface area contributed by atoms with Gasteiger partial charge in [-0.05, 0) is 30.7 Å². The topological polar surface area (TPSA) is 104 Å². The molecule has 0 aromatic carbocycles. The van der Waals surface area contributed by atoms with E-state index in [-0.39, 0.29) is 11.9 Å². The van der Waals surface area contributed by atoms with Gasteiger partial charge in [0.15, 0.2) is 23.4 Å². The van der Waals surface area contributed by atoms with Gasteiger partial charge in [0, 0.05) is 51.5 Å². The molecule has 0 spiro atoms. The quantitative estimate of drug-likeness (QED) is 0.467. The second-order valence-electron chi connectivity index (χ2n) is 6.86. The molecule has 0 saturated carbocycles. The zero-order chi connectivity index (χ0) is 20.8. The van der Waals surface area contributed by atoms with Crippen LogP contribution in [0.1, 0.15) is 12.2 Å². The number of pyridine rings is 2. The Morgan fingerprint density at radius 1 is 1.27 bits per heavy atom. The van der Waals surface area contributed by atoms with Crippen LogP contribution < -0.4 is 15.5 Å². The number of halogens is 1. The fourth-order valence-corrected chi connectivity index (χ4v) is 3.31. The van der Waals surface area contributed by atoms with Crippen LogP contribution in [0.15, 0.2) is 52.2 Å². The maximum absolute atomic E-state index is 14.0. The number of rotatable bonds is 6. The van der Waals surface area contributed by atoms with E-state index in [1.54, 1.807) is 25.5 Å². The molecule has 2 N–H and O–H groups in total. The lowest BCUT2D eigenvalue weighted by molar-refractivity contribution is 0.421. The first-order chi connectivity index (χ1) is 14.7. The summed E-state index contributed by atoms with van der Waals surface area (Å²) in [5.74, 6) is 1.77. The molecule has 3 aromatic rings. The van der Waals surface area contributed by atoms with Crippen molar-refractivity contribution in [2.24, 2.45) is 4.99 Å². The molecule has 0 amide bonds. The zero-order valence-electron chi connectivity index (χ0n) is 16.6. The summed E-state index contributed by atoms with van der Waals surface area (Å²) < 4.78 is 19.2. The molecule has 1 fully saturated rings. The van der Waals surface area contributed by atoms with Crippen molar-refractivity contribution in [3.63, 3.8) is 0 Å². The van der Waals surface area contributed by atoms with Gasteiger partial charge in [0.2, 0.25) is 0 Å². The lowest BCUT2D eigenvalue weighted by atomic mass is 10.3. The van der Waals surface area contributed by atoms with Gasteiger partial charge in [-0.15, -0.1) is 0 Å². The molecule has 0 aliphatic carbocycles. The lowest BCUT2D eigenvalue weighted by Gasteiger charge is -2.19. The summed E-state index contributed by atoms with van der Waals surface area (Å²) >= 11 is 0. The van der Waals surface area contributed by atoms with Gasteiger partial charge in [-0.25, -0.2) is 9.37 Å². The highest BCUT2D eigenvalue weighted by Gasteiger charge is 2.25. The second-order valence-corrected chi connectivity index (χ2v) is 6.86. The molecule has 1 aliphatic rings. The Labute approximate surface area is 173 Å². The van der Waals surface area contributed by atoms with Crippen molar-refractivity contribution in [3.8, 4) is 11.6 Å². The van der Waals surface area contributed by atoms with E-state index in [0.29, 0.717) is 48.7 Å². The van der Waals surface area contributed by atoms with Crippen LogP contribution >= 0.6 is 0 Å². The molecule has 4 heterocycles. The monoisotopic (exact) mass is 410 g/mol. The third-order valence-electron chi connectivity index (χ3n) is 4.78. The SMILES string of the molecule is CN=C(NCCc1noc(-c2ccccn2)n1)NC1CCN(c2ncccc2F)C1. The van der Waals surface area contributed by atoms with Gasteiger partial charge >= 0.3 is 0 Å². The van der Waals surface area contributed by atoms with Gasteiger partial charge in [0.1, 0.15) is 5.69 Å². The Hall–Kier alpha value is -3.56. The summed E-state index contributed by atoms with van der Waals surface area (Å²) in [6.07, 6.45) is 4.74. The molecule has 1 atom stereocenters. The van der Waals surface area contributed by atoms with Crippen molar-refractivity contribution in [2.75, 3.05) is 31.6 Å². The van der Waals surface area contributed by atoms with Crippen LogP contribution in [0.25, 0.3) is 11.6 Å². The summed E-state index contributed by atoms with van der Waals surface area (Å²) in [4.78, 5) is 18.9. The summed E-state index contributed by atoms with van der Waals surface area (Å²) in [7, 11) is 1.72. The van der Waals surface area contributed by atoms with Crippen LogP contribution in [0.2, 0.25) is 0 Å². The summed E-state index contributed by atoms with van der Waals surface area (Å²) in [6, 6.07) is 8.71. The highest BCUT2D eigenvalue weighted by atomic mass is 19.1. The van der Waals surface area contributed by atoms with Crippen LogP contribution in [0.5, 0.6) is 0 Å². The Morgan fingerprint density at radius 2 is 2.17 bits per heavy atom. The number of guanidine groups is 1. The summed E-state index contributed by atoms with van der Waals surface area (Å²) in [6.45, 7) is 1.99. The second kappa shape index (κ2) is 9.29. The minimum Gasteiger partial charge on any atom is -0.356 e. The largest absolute Gasteiger partial charge is 0.356 e. The van der Waals surface area contributed by atoms with Crippen molar-refractivity contribution < 1.29 is 8.91 Å². The van der Waals surface area contributed by atoms with Crippen molar-refractivity contribution in [1.29, 1.82) is 0 Å². The highest BCUT2D eigenvalue weighted by molar-refractivity contribution is 5.80. The standard InChI is InChI=1S/C20H23FN8O/c1-22-20(26-14-8-12-29(13-14)18-15(21)5-4-10-24-18)25-11-7-17-27-19(30-28-17)16-6-2-3-9-23-16/h2-6,9-10,14H,7-8,11-13H2,1H3,(H2,22,25,26). The molecular formula is C20H23FN8O. The fraction of sp³-hybridized carbons (Fsp3) is 0.350. The normalized spacial score (nSPS) is 16.7. The highest BCUT2D eigenvalue weighted by Crippen LogP contribution is 2.20. The van der Waals surface area contributed by atoms with E-state index >= 15 is 0 Å². The predicted octanol–water partition coefficient (Wildman–Crippen LogP) is 1.65. The zero-order valence-corrected chi connectivity index (χ0v) is 16.6. The number of hydrogen-bond donors (Lipinski definition) is 2. The number of nitrogens with one attached hydrogen (secondary N) is 2. The van der Waals surface area contributed by atoms with Crippen molar-refractivity contribution in [2.45, 2.75) is 18.9 Å². The van der Waals surface area contributed by atoms with E-state index in [4.69, 9.17) is 4.52 Å². The predicted molar refractivity (Wildman–Crippen MR) is 111 cm³/mol. The number of anilines is 1. The number of aliphatic imine (C=N–C) groups is 1. The number of hydrogen-bond acceptors (Lipinski definition) is 7. The van der Waals surface area contributed by atoms with E-state index in [1.807, 2.05) is 23.1 Å². The van der Waals surface area contributed by atoms with Crippen LogP contribution in [0, 0.1) is 5.82 Å². The first-order valence-electron chi connectivity index (χ1n) is 9.79. The minimum atomic E-state index is -0.300. The first-order valence-corrected chi connectivity index (χ1v) is 9.79. The Kier molecular flexibility index (Phi) is 6.11. The third kappa shape index (κ3) is 4.70. The molecule has 0 bridgehead atoms. The number of aromatic nitrogens is 4. The molecule has 1 aliphatic heterocycles. The van der Waals surface area contributed by atoms with Crippen LogP contribution in [-0.2, 0) is 6.42 Å². The molecule has 1 saturated heterocycles. The lowest BCUT2D eigenvalue weighted by Crippen LogP contribution is -2.45. The molecule has 3 aromatic heterocycles. The van der Waals surface area contributed by atoms with Crippen LogP contribution in [-0.4, -0.2) is 58.8 Å². The van der Waals surface area contributed by atoms with Crippen LogP contribution in [0.4, 0.5) is 10.2 Å². The number of nitrogens with zero attached hydrogens (tertiary/aromatic N) is 6. The van der Waals surface area contributed by atoms with Gasteiger partial charge in [-0.1, -0.05) is 11.2 Å². The molecule has 0 radical (unpaired) electrons. The van der Waals surface area contributed by atoms with E-state index < -0.39 is 0 Å². The van der Waals surface area contributed by atoms with Gasteiger partial charge in [0.05, 0.1) is 0 Å². The smallest absolute Gasteiger partial charge is 0.276 e. The maximum Gasteiger partial charge on any atom is 0.276 e. The minimum absolute atomic E-state index is 0.151. The molecule has 10 heteroatoms.